The molecule has 1 aromatic rings. The maximum atomic E-state index is 12.3. The van der Waals surface area contributed by atoms with Gasteiger partial charge in [-0.3, -0.25) is 4.79 Å². The minimum Gasteiger partial charge on any atom is -0.493 e. The zero-order valence-electron chi connectivity index (χ0n) is 16.6. The van der Waals surface area contributed by atoms with Crippen LogP contribution < -0.4 is 20.1 Å². The molecule has 0 aliphatic carbocycles. The van der Waals surface area contributed by atoms with E-state index in [1.165, 1.54) is 12.8 Å². The van der Waals surface area contributed by atoms with Crippen LogP contribution in [0.25, 0.3) is 0 Å². The fourth-order valence-electron chi connectivity index (χ4n) is 3.23. The second-order valence-electron chi connectivity index (χ2n) is 7.64. The SMILES string of the molecule is COc1cc(C(C)NC(=O)CCC2CCNCC2)ccc1OCC(C)C. The van der Waals surface area contributed by atoms with Crippen molar-refractivity contribution in [2.24, 2.45) is 11.8 Å². The molecule has 2 N–H and O–H groups in total. The highest BCUT2D eigenvalue weighted by atomic mass is 16.5. The van der Waals surface area contributed by atoms with Crippen molar-refractivity contribution in [1.29, 1.82) is 0 Å². The molecule has 5 heteroatoms. The quantitative estimate of drug-likeness (QED) is 0.703. The topological polar surface area (TPSA) is 59.6 Å². The first kappa shape index (κ1) is 20.6. The number of piperidine rings is 1. The van der Waals surface area contributed by atoms with Crippen LogP contribution in [0.4, 0.5) is 0 Å². The lowest BCUT2D eigenvalue weighted by atomic mass is 9.93. The Kier molecular flexibility index (Phi) is 8.23. The standard InChI is InChI=1S/C21H34N2O3/c1-15(2)14-26-19-7-6-18(13-20(19)25-4)16(3)23-21(24)8-5-17-9-11-22-12-10-17/h6-7,13,15-17,22H,5,8-12,14H2,1-4H3,(H,23,24). The summed E-state index contributed by atoms with van der Waals surface area (Å²) in [5.74, 6) is 2.70. The Morgan fingerprint density at radius 3 is 2.62 bits per heavy atom. The maximum absolute atomic E-state index is 12.3. The Balaban J connectivity index is 1.87. The van der Waals surface area contributed by atoms with E-state index in [4.69, 9.17) is 9.47 Å². The minimum atomic E-state index is -0.0522. The number of nitrogens with one attached hydrogen (secondary N) is 2. The largest absolute Gasteiger partial charge is 0.493 e. The summed E-state index contributed by atoms with van der Waals surface area (Å²) in [7, 11) is 1.64. The van der Waals surface area contributed by atoms with E-state index in [-0.39, 0.29) is 11.9 Å². The number of carbonyl (C=O) groups excluding carboxylic acids is 1. The molecule has 1 fully saturated rings. The van der Waals surface area contributed by atoms with Gasteiger partial charge in [0.2, 0.25) is 5.91 Å². The van der Waals surface area contributed by atoms with Crippen LogP contribution in [0.15, 0.2) is 18.2 Å². The molecule has 1 amide bonds. The van der Waals surface area contributed by atoms with E-state index >= 15 is 0 Å². The second-order valence-corrected chi connectivity index (χ2v) is 7.64. The van der Waals surface area contributed by atoms with Crippen molar-refractivity contribution in [3.63, 3.8) is 0 Å². The van der Waals surface area contributed by atoms with Gasteiger partial charge in [0.1, 0.15) is 0 Å². The Hall–Kier alpha value is -1.75. The summed E-state index contributed by atoms with van der Waals surface area (Å²) >= 11 is 0. The summed E-state index contributed by atoms with van der Waals surface area (Å²) in [5, 5.41) is 6.47. The normalized spacial score (nSPS) is 16.3. The number of hydrogen-bond acceptors (Lipinski definition) is 4. The number of methoxy groups -OCH3 is 1. The predicted molar refractivity (Wildman–Crippen MR) is 105 cm³/mol. The molecular weight excluding hydrogens is 328 g/mol. The lowest BCUT2D eigenvalue weighted by Gasteiger charge is -2.22. The number of carbonyl (C=O) groups is 1. The first-order valence-corrected chi connectivity index (χ1v) is 9.80. The molecule has 26 heavy (non-hydrogen) atoms. The average Bonchev–Trinajstić information content (AvgIpc) is 2.65. The minimum absolute atomic E-state index is 0.0522. The molecule has 1 aromatic carbocycles. The molecular formula is C21H34N2O3. The van der Waals surface area contributed by atoms with Gasteiger partial charge < -0.3 is 20.1 Å². The van der Waals surface area contributed by atoms with Crippen LogP contribution in [-0.2, 0) is 4.79 Å². The van der Waals surface area contributed by atoms with Crippen LogP contribution >= 0.6 is 0 Å². The van der Waals surface area contributed by atoms with Crippen molar-refractivity contribution in [2.45, 2.75) is 52.5 Å². The molecule has 0 radical (unpaired) electrons. The maximum Gasteiger partial charge on any atom is 0.220 e. The fourth-order valence-corrected chi connectivity index (χ4v) is 3.23. The lowest BCUT2D eigenvalue weighted by Crippen LogP contribution is -2.30. The van der Waals surface area contributed by atoms with Crippen molar-refractivity contribution in [2.75, 3.05) is 26.8 Å². The smallest absolute Gasteiger partial charge is 0.220 e. The van der Waals surface area contributed by atoms with Gasteiger partial charge in [0.15, 0.2) is 11.5 Å². The molecule has 1 aliphatic rings. The third kappa shape index (κ3) is 6.52. The van der Waals surface area contributed by atoms with Crippen LogP contribution in [0.5, 0.6) is 11.5 Å². The van der Waals surface area contributed by atoms with Crippen LogP contribution in [0, 0.1) is 11.8 Å². The lowest BCUT2D eigenvalue weighted by molar-refractivity contribution is -0.122. The highest BCUT2D eigenvalue weighted by Gasteiger charge is 2.17. The van der Waals surface area contributed by atoms with Crippen LogP contribution in [0.1, 0.15) is 58.1 Å². The molecule has 1 aliphatic heterocycles. The van der Waals surface area contributed by atoms with Gasteiger partial charge in [-0.05, 0) is 68.8 Å². The van der Waals surface area contributed by atoms with Gasteiger partial charge in [0.05, 0.1) is 19.8 Å². The van der Waals surface area contributed by atoms with Crippen LogP contribution in [0.3, 0.4) is 0 Å². The van der Waals surface area contributed by atoms with Gasteiger partial charge in [-0.2, -0.15) is 0 Å². The summed E-state index contributed by atoms with van der Waals surface area (Å²) in [6, 6.07) is 5.82. The van der Waals surface area contributed by atoms with E-state index < -0.39 is 0 Å². The van der Waals surface area contributed by atoms with Gasteiger partial charge in [0.25, 0.3) is 0 Å². The summed E-state index contributed by atoms with van der Waals surface area (Å²) in [5.41, 5.74) is 1.02. The molecule has 5 nitrogen and oxygen atoms in total. The Morgan fingerprint density at radius 1 is 1.23 bits per heavy atom. The van der Waals surface area contributed by atoms with E-state index in [0.29, 0.717) is 30.6 Å². The summed E-state index contributed by atoms with van der Waals surface area (Å²) in [4.78, 5) is 12.3. The summed E-state index contributed by atoms with van der Waals surface area (Å²) < 4.78 is 11.3. The first-order chi connectivity index (χ1) is 12.5. The van der Waals surface area contributed by atoms with Crippen molar-refractivity contribution >= 4 is 5.91 Å². The second kappa shape index (κ2) is 10.4. The molecule has 0 aromatic heterocycles. The van der Waals surface area contributed by atoms with Crippen molar-refractivity contribution in [3.8, 4) is 11.5 Å². The van der Waals surface area contributed by atoms with Gasteiger partial charge in [-0.15, -0.1) is 0 Å². The zero-order chi connectivity index (χ0) is 18.9. The number of ether oxygens (including phenoxy) is 2. The Labute approximate surface area is 157 Å². The first-order valence-electron chi connectivity index (χ1n) is 9.80. The summed E-state index contributed by atoms with van der Waals surface area (Å²) in [6.07, 6.45) is 3.93. The van der Waals surface area contributed by atoms with Gasteiger partial charge in [-0.1, -0.05) is 19.9 Å². The summed E-state index contributed by atoms with van der Waals surface area (Å²) in [6.45, 7) is 9.04. The van der Waals surface area contributed by atoms with Crippen molar-refractivity contribution in [3.05, 3.63) is 23.8 Å². The van der Waals surface area contributed by atoms with Crippen LogP contribution in [0.2, 0.25) is 0 Å². The highest BCUT2D eigenvalue weighted by molar-refractivity contribution is 5.76. The van der Waals surface area contributed by atoms with E-state index in [9.17, 15) is 4.79 Å². The van der Waals surface area contributed by atoms with E-state index in [1.807, 2.05) is 25.1 Å². The molecule has 0 saturated carbocycles. The Bertz CT molecular complexity index is 568. The number of amides is 1. The van der Waals surface area contributed by atoms with E-state index in [1.54, 1.807) is 7.11 Å². The number of rotatable bonds is 9. The Morgan fingerprint density at radius 2 is 1.96 bits per heavy atom. The predicted octanol–water partition coefficient (Wildman–Crippen LogP) is 3.69. The van der Waals surface area contributed by atoms with Crippen LogP contribution in [-0.4, -0.2) is 32.7 Å². The molecule has 2 rings (SSSR count). The van der Waals surface area contributed by atoms with E-state index in [0.717, 1.165) is 30.8 Å². The van der Waals surface area contributed by atoms with Crippen molar-refractivity contribution < 1.29 is 14.3 Å². The fraction of sp³-hybridized carbons (Fsp3) is 0.667. The molecule has 1 unspecified atom stereocenters. The third-order valence-corrected chi connectivity index (χ3v) is 4.88. The average molecular weight is 363 g/mol. The zero-order valence-corrected chi connectivity index (χ0v) is 16.6. The highest BCUT2D eigenvalue weighted by Crippen LogP contribution is 2.30. The molecule has 1 atom stereocenters. The molecule has 1 saturated heterocycles. The molecule has 146 valence electrons. The van der Waals surface area contributed by atoms with Gasteiger partial charge >= 0.3 is 0 Å². The number of hydrogen-bond donors (Lipinski definition) is 2. The monoisotopic (exact) mass is 362 g/mol. The van der Waals surface area contributed by atoms with Gasteiger partial charge in [0, 0.05) is 6.42 Å². The van der Waals surface area contributed by atoms with E-state index in [2.05, 4.69) is 24.5 Å². The molecule has 1 heterocycles. The number of benzene rings is 1. The molecule has 0 spiro atoms. The third-order valence-electron chi connectivity index (χ3n) is 4.88. The van der Waals surface area contributed by atoms with Crippen molar-refractivity contribution in [1.82, 2.24) is 10.6 Å². The van der Waals surface area contributed by atoms with Gasteiger partial charge in [-0.25, -0.2) is 0 Å². The molecule has 0 bridgehead atoms.